The van der Waals surface area contributed by atoms with E-state index in [0.717, 1.165) is 12.8 Å². The van der Waals surface area contributed by atoms with Crippen molar-refractivity contribution < 1.29 is 19.1 Å². The molecule has 0 aromatic heterocycles. The molecule has 0 radical (unpaired) electrons. The molecule has 1 N–H and O–H groups in total. The summed E-state index contributed by atoms with van der Waals surface area (Å²) in [6, 6.07) is 6.28. The molecule has 0 aliphatic carbocycles. The number of likely N-dealkylation sites (tertiary alicyclic amines) is 1. The van der Waals surface area contributed by atoms with Crippen LogP contribution in [0.15, 0.2) is 24.3 Å². The van der Waals surface area contributed by atoms with Crippen LogP contribution in [0, 0.1) is 0 Å². The molecule has 148 valence electrons. The highest BCUT2D eigenvalue weighted by Crippen LogP contribution is 2.19. The molecule has 7 nitrogen and oxygen atoms in total. The number of nitrogens with zero attached hydrogens (tertiary/aromatic N) is 2. The molecule has 0 spiro atoms. The SMILES string of the molecule is CCOC(=O)[C@@H]1CCCCN1C(=O)CN(C)CC(=O)Nc1ccc(Cl)cc1. The number of anilines is 1. The van der Waals surface area contributed by atoms with Crippen molar-refractivity contribution in [3.63, 3.8) is 0 Å². The molecule has 1 aromatic rings. The summed E-state index contributed by atoms with van der Waals surface area (Å²) in [6.07, 6.45) is 2.38. The van der Waals surface area contributed by atoms with Crippen LogP contribution in [0.1, 0.15) is 26.2 Å². The summed E-state index contributed by atoms with van der Waals surface area (Å²) in [6.45, 7) is 2.70. The number of ether oxygens (including phenoxy) is 1. The van der Waals surface area contributed by atoms with Gasteiger partial charge in [0.25, 0.3) is 0 Å². The lowest BCUT2D eigenvalue weighted by molar-refractivity contribution is -0.157. The van der Waals surface area contributed by atoms with Crippen molar-refractivity contribution in [3.8, 4) is 0 Å². The fourth-order valence-corrected chi connectivity index (χ4v) is 3.20. The second kappa shape index (κ2) is 10.3. The first-order valence-corrected chi connectivity index (χ1v) is 9.48. The molecule has 0 bridgehead atoms. The van der Waals surface area contributed by atoms with Gasteiger partial charge in [-0.3, -0.25) is 14.5 Å². The van der Waals surface area contributed by atoms with Gasteiger partial charge in [-0.2, -0.15) is 0 Å². The van der Waals surface area contributed by atoms with Crippen LogP contribution in [0.25, 0.3) is 0 Å². The summed E-state index contributed by atoms with van der Waals surface area (Å²) in [7, 11) is 1.70. The standard InChI is InChI=1S/C19H26ClN3O4/c1-3-27-19(26)16-6-4-5-11-23(16)18(25)13-22(2)12-17(24)21-15-9-7-14(20)8-10-15/h7-10,16H,3-6,11-13H2,1-2H3,(H,21,24)/t16-/m0/s1. The van der Waals surface area contributed by atoms with Crippen LogP contribution in [-0.2, 0) is 19.1 Å². The van der Waals surface area contributed by atoms with Gasteiger partial charge in [-0.1, -0.05) is 11.6 Å². The number of nitrogens with one attached hydrogen (secondary N) is 1. The maximum Gasteiger partial charge on any atom is 0.328 e. The molecule has 0 unspecified atom stereocenters. The van der Waals surface area contributed by atoms with E-state index in [1.807, 2.05) is 0 Å². The van der Waals surface area contributed by atoms with E-state index < -0.39 is 6.04 Å². The lowest BCUT2D eigenvalue weighted by Crippen LogP contribution is -2.51. The number of likely N-dealkylation sites (N-methyl/N-ethyl adjacent to an activating group) is 1. The molecule has 2 amide bonds. The predicted octanol–water partition coefficient (Wildman–Crippen LogP) is 2.15. The highest BCUT2D eigenvalue weighted by Gasteiger charge is 2.33. The summed E-state index contributed by atoms with van der Waals surface area (Å²) >= 11 is 5.82. The van der Waals surface area contributed by atoms with E-state index in [9.17, 15) is 14.4 Å². The van der Waals surface area contributed by atoms with E-state index in [-0.39, 0.29) is 30.9 Å². The molecule has 8 heteroatoms. The molecule has 1 heterocycles. The van der Waals surface area contributed by atoms with Crippen molar-refractivity contribution in [2.24, 2.45) is 0 Å². The van der Waals surface area contributed by atoms with Gasteiger partial charge in [-0.25, -0.2) is 4.79 Å². The number of halogens is 1. The van der Waals surface area contributed by atoms with Gasteiger partial charge in [0, 0.05) is 17.3 Å². The number of carbonyl (C=O) groups is 3. The number of hydrogen-bond donors (Lipinski definition) is 1. The molecule has 27 heavy (non-hydrogen) atoms. The topological polar surface area (TPSA) is 79.0 Å². The van der Waals surface area contributed by atoms with E-state index in [2.05, 4.69) is 5.32 Å². The van der Waals surface area contributed by atoms with Gasteiger partial charge >= 0.3 is 5.97 Å². The zero-order valence-corrected chi connectivity index (χ0v) is 16.5. The van der Waals surface area contributed by atoms with Crippen molar-refractivity contribution in [2.75, 3.05) is 38.6 Å². The molecular formula is C19H26ClN3O4. The fraction of sp³-hybridized carbons (Fsp3) is 0.526. The summed E-state index contributed by atoms with van der Waals surface area (Å²) in [5.74, 6) is -0.753. The smallest absolute Gasteiger partial charge is 0.328 e. The van der Waals surface area contributed by atoms with E-state index in [4.69, 9.17) is 16.3 Å². The number of rotatable bonds is 7. The third kappa shape index (κ3) is 6.52. The van der Waals surface area contributed by atoms with Gasteiger partial charge in [-0.15, -0.1) is 0 Å². The van der Waals surface area contributed by atoms with Crippen LogP contribution < -0.4 is 5.32 Å². The molecule has 1 saturated heterocycles. The second-order valence-corrected chi connectivity index (χ2v) is 7.01. The zero-order valence-electron chi connectivity index (χ0n) is 15.7. The van der Waals surface area contributed by atoms with E-state index >= 15 is 0 Å². The third-order valence-corrected chi connectivity index (χ3v) is 4.58. The van der Waals surface area contributed by atoms with E-state index in [0.29, 0.717) is 30.3 Å². The molecule has 0 saturated carbocycles. The Morgan fingerprint density at radius 1 is 1.22 bits per heavy atom. The van der Waals surface area contributed by atoms with Crippen molar-refractivity contribution in [3.05, 3.63) is 29.3 Å². The Balaban J connectivity index is 1.86. The number of carbonyl (C=O) groups excluding carboxylic acids is 3. The van der Waals surface area contributed by atoms with Gasteiger partial charge in [-0.05, 0) is 57.5 Å². The molecule has 1 aliphatic rings. The number of benzene rings is 1. The summed E-state index contributed by atoms with van der Waals surface area (Å²) in [5, 5.41) is 3.35. The predicted molar refractivity (Wildman–Crippen MR) is 104 cm³/mol. The van der Waals surface area contributed by atoms with Crippen LogP contribution in [-0.4, -0.2) is 66.9 Å². The maximum absolute atomic E-state index is 12.6. The number of esters is 1. The Kier molecular flexibility index (Phi) is 8.06. The van der Waals surface area contributed by atoms with Crippen LogP contribution in [0.2, 0.25) is 5.02 Å². The Bertz CT molecular complexity index is 665. The summed E-state index contributed by atoms with van der Waals surface area (Å²) < 4.78 is 5.09. The number of piperidine rings is 1. The minimum atomic E-state index is -0.525. The monoisotopic (exact) mass is 395 g/mol. The van der Waals surface area contributed by atoms with Gasteiger partial charge in [0.05, 0.1) is 19.7 Å². The van der Waals surface area contributed by atoms with Gasteiger partial charge in [0.2, 0.25) is 11.8 Å². The van der Waals surface area contributed by atoms with Crippen LogP contribution >= 0.6 is 11.6 Å². The lowest BCUT2D eigenvalue weighted by atomic mass is 10.0. The number of amides is 2. The third-order valence-electron chi connectivity index (χ3n) is 4.33. The van der Waals surface area contributed by atoms with Crippen molar-refractivity contribution >= 4 is 35.1 Å². The summed E-state index contributed by atoms with van der Waals surface area (Å²) in [5.41, 5.74) is 0.641. The normalized spacial score (nSPS) is 16.9. The minimum absolute atomic E-state index is 0.0595. The molecule has 1 fully saturated rings. The average Bonchev–Trinajstić information content (AvgIpc) is 2.63. The quantitative estimate of drug-likeness (QED) is 0.716. The van der Waals surface area contributed by atoms with Crippen molar-refractivity contribution in [1.29, 1.82) is 0 Å². The van der Waals surface area contributed by atoms with Gasteiger partial charge in [0.15, 0.2) is 0 Å². The molecular weight excluding hydrogens is 370 g/mol. The van der Waals surface area contributed by atoms with Crippen LogP contribution in [0.3, 0.4) is 0 Å². The largest absolute Gasteiger partial charge is 0.464 e. The van der Waals surface area contributed by atoms with Crippen molar-refractivity contribution in [2.45, 2.75) is 32.2 Å². The average molecular weight is 396 g/mol. The van der Waals surface area contributed by atoms with Gasteiger partial charge < -0.3 is 15.0 Å². The van der Waals surface area contributed by atoms with Gasteiger partial charge in [0.1, 0.15) is 6.04 Å². The summed E-state index contributed by atoms with van der Waals surface area (Å²) in [4.78, 5) is 40.1. The Morgan fingerprint density at radius 3 is 2.59 bits per heavy atom. The Hall–Kier alpha value is -2.12. The molecule has 2 rings (SSSR count). The van der Waals surface area contributed by atoms with Crippen molar-refractivity contribution in [1.82, 2.24) is 9.80 Å². The first-order valence-electron chi connectivity index (χ1n) is 9.10. The van der Waals surface area contributed by atoms with E-state index in [1.54, 1.807) is 48.0 Å². The van der Waals surface area contributed by atoms with Crippen LogP contribution in [0.4, 0.5) is 5.69 Å². The fourth-order valence-electron chi connectivity index (χ4n) is 3.07. The first kappa shape index (κ1) is 21.2. The Labute approximate surface area is 164 Å². The highest BCUT2D eigenvalue weighted by molar-refractivity contribution is 6.30. The highest BCUT2D eigenvalue weighted by atomic mass is 35.5. The minimum Gasteiger partial charge on any atom is -0.464 e. The second-order valence-electron chi connectivity index (χ2n) is 6.58. The molecule has 1 aromatic carbocycles. The molecule has 1 atom stereocenters. The van der Waals surface area contributed by atoms with E-state index in [1.165, 1.54) is 0 Å². The molecule has 1 aliphatic heterocycles. The first-order chi connectivity index (χ1) is 12.9. The maximum atomic E-state index is 12.6. The number of hydrogen-bond acceptors (Lipinski definition) is 5. The van der Waals surface area contributed by atoms with Crippen LogP contribution in [0.5, 0.6) is 0 Å². The lowest BCUT2D eigenvalue weighted by Gasteiger charge is -2.35. The zero-order chi connectivity index (χ0) is 19.8. The Morgan fingerprint density at radius 2 is 1.93 bits per heavy atom.